The van der Waals surface area contributed by atoms with Crippen LogP contribution in [0.2, 0.25) is 0 Å². The number of amides is 2. The Bertz CT molecular complexity index is 494. The highest BCUT2D eigenvalue weighted by molar-refractivity contribution is 5.97. The SMILES string of the molecule is CC(C)NC(=O)c1cccc(NC(=O)C2CCNC2)c1. The van der Waals surface area contributed by atoms with Gasteiger partial charge in [0.1, 0.15) is 0 Å². The summed E-state index contributed by atoms with van der Waals surface area (Å²) >= 11 is 0. The van der Waals surface area contributed by atoms with E-state index in [4.69, 9.17) is 0 Å². The van der Waals surface area contributed by atoms with Crippen molar-refractivity contribution in [2.24, 2.45) is 5.92 Å². The van der Waals surface area contributed by atoms with Crippen LogP contribution < -0.4 is 16.0 Å². The van der Waals surface area contributed by atoms with Gasteiger partial charge in [0.2, 0.25) is 5.91 Å². The maximum absolute atomic E-state index is 12.0. The van der Waals surface area contributed by atoms with Gasteiger partial charge in [-0.2, -0.15) is 0 Å². The average molecular weight is 275 g/mol. The van der Waals surface area contributed by atoms with Gasteiger partial charge in [0.15, 0.2) is 0 Å². The zero-order valence-electron chi connectivity index (χ0n) is 11.9. The van der Waals surface area contributed by atoms with E-state index >= 15 is 0 Å². The van der Waals surface area contributed by atoms with Crippen LogP contribution in [0.25, 0.3) is 0 Å². The molecule has 0 radical (unpaired) electrons. The number of hydrogen-bond donors (Lipinski definition) is 3. The maximum Gasteiger partial charge on any atom is 0.251 e. The van der Waals surface area contributed by atoms with Gasteiger partial charge < -0.3 is 16.0 Å². The van der Waals surface area contributed by atoms with E-state index in [1.807, 2.05) is 13.8 Å². The zero-order chi connectivity index (χ0) is 14.5. The molecule has 2 rings (SSSR count). The Hall–Kier alpha value is -1.88. The fourth-order valence-corrected chi connectivity index (χ4v) is 2.21. The molecule has 1 atom stereocenters. The van der Waals surface area contributed by atoms with E-state index < -0.39 is 0 Å². The molecule has 1 aliphatic heterocycles. The van der Waals surface area contributed by atoms with E-state index in [-0.39, 0.29) is 23.8 Å². The number of hydrogen-bond acceptors (Lipinski definition) is 3. The second-order valence-corrected chi connectivity index (χ2v) is 5.39. The van der Waals surface area contributed by atoms with Crippen LogP contribution in [0.1, 0.15) is 30.6 Å². The monoisotopic (exact) mass is 275 g/mol. The Morgan fingerprint density at radius 1 is 1.35 bits per heavy atom. The molecule has 5 nitrogen and oxygen atoms in total. The van der Waals surface area contributed by atoms with Crippen molar-refractivity contribution in [2.75, 3.05) is 18.4 Å². The summed E-state index contributed by atoms with van der Waals surface area (Å²) in [5, 5.41) is 8.87. The van der Waals surface area contributed by atoms with E-state index in [9.17, 15) is 9.59 Å². The van der Waals surface area contributed by atoms with Crippen LogP contribution in [0.4, 0.5) is 5.69 Å². The number of carbonyl (C=O) groups excluding carboxylic acids is 2. The molecule has 0 saturated carbocycles. The standard InChI is InChI=1S/C15H21N3O2/c1-10(2)17-14(19)11-4-3-5-13(8-11)18-15(20)12-6-7-16-9-12/h3-5,8,10,12,16H,6-7,9H2,1-2H3,(H,17,19)(H,18,20). The molecule has 1 aromatic carbocycles. The first-order chi connectivity index (χ1) is 9.56. The molecule has 1 aromatic rings. The summed E-state index contributed by atoms with van der Waals surface area (Å²) in [7, 11) is 0. The van der Waals surface area contributed by atoms with E-state index in [0.29, 0.717) is 11.3 Å². The third-order valence-corrected chi connectivity index (χ3v) is 3.24. The number of rotatable bonds is 4. The average Bonchev–Trinajstić information content (AvgIpc) is 2.92. The van der Waals surface area contributed by atoms with Gasteiger partial charge in [-0.3, -0.25) is 9.59 Å². The first kappa shape index (κ1) is 14.5. The Kier molecular flexibility index (Phi) is 4.74. The first-order valence-corrected chi connectivity index (χ1v) is 6.99. The molecule has 20 heavy (non-hydrogen) atoms. The van der Waals surface area contributed by atoms with Crippen LogP contribution in [-0.2, 0) is 4.79 Å². The number of benzene rings is 1. The molecule has 1 unspecified atom stereocenters. The van der Waals surface area contributed by atoms with Crippen LogP contribution in [0.15, 0.2) is 24.3 Å². The lowest BCUT2D eigenvalue weighted by Gasteiger charge is -2.12. The van der Waals surface area contributed by atoms with Crippen molar-refractivity contribution < 1.29 is 9.59 Å². The third-order valence-electron chi connectivity index (χ3n) is 3.24. The van der Waals surface area contributed by atoms with Gasteiger partial charge in [-0.25, -0.2) is 0 Å². The molecule has 1 fully saturated rings. The second kappa shape index (κ2) is 6.52. The highest BCUT2D eigenvalue weighted by Crippen LogP contribution is 2.15. The third kappa shape index (κ3) is 3.81. The summed E-state index contributed by atoms with van der Waals surface area (Å²) in [6, 6.07) is 7.11. The lowest BCUT2D eigenvalue weighted by molar-refractivity contribution is -0.119. The summed E-state index contributed by atoms with van der Waals surface area (Å²) in [6.07, 6.45) is 0.860. The van der Waals surface area contributed by atoms with Gasteiger partial charge in [-0.1, -0.05) is 6.07 Å². The van der Waals surface area contributed by atoms with Gasteiger partial charge in [0.25, 0.3) is 5.91 Å². The van der Waals surface area contributed by atoms with Crippen molar-refractivity contribution in [1.82, 2.24) is 10.6 Å². The highest BCUT2D eigenvalue weighted by Gasteiger charge is 2.22. The Morgan fingerprint density at radius 3 is 2.80 bits per heavy atom. The lowest BCUT2D eigenvalue weighted by atomic mass is 10.1. The molecule has 0 aromatic heterocycles. The minimum atomic E-state index is -0.126. The normalized spacial score (nSPS) is 18.1. The molecule has 1 heterocycles. The molecule has 5 heteroatoms. The van der Waals surface area contributed by atoms with Crippen LogP contribution in [-0.4, -0.2) is 30.9 Å². The molecule has 0 spiro atoms. The Morgan fingerprint density at radius 2 is 2.15 bits per heavy atom. The predicted molar refractivity (Wildman–Crippen MR) is 78.7 cm³/mol. The van der Waals surface area contributed by atoms with Crippen molar-refractivity contribution in [3.8, 4) is 0 Å². The van der Waals surface area contributed by atoms with Gasteiger partial charge in [0.05, 0.1) is 5.92 Å². The largest absolute Gasteiger partial charge is 0.350 e. The van der Waals surface area contributed by atoms with Crippen molar-refractivity contribution in [3.63, 3.8) is 0 Å². The van der Waals surface area contributed by atoms with Crippen LogP contribution in [0, 0.1) is 5.92 Å². The zero-order valence-corrected chi connectivity index (χ0v) is 11.9. The summed E-state index contributed by atoms with van der Waals surface area (Å²) in [5.41, 5.74) is 1.22. The van der Waals surface area contributed by atoms with Gasteiger partial charge in [-0.15, -0.1) is 0 Å². The molecule has 1 saturated heterocycles. The fraction of sp³-hybridized carbons (Fsp3) is 0.467. The molecule has 0 bridgehead atoms. The van der Waals surface area contributed by atoms with Gasteiger partial charge >= 0.3 is 0 Å². The Balaban J connectivity index is 2.02. The smallest absolute Gasteiger partial charge is 0.251 e. The minimum absolute atomic E-state index is 0.0106. The molecular formula is C15H21N3O2. The fourth-order valence-electron chi connectivity index (χ4n) is 2.21. The Labute approximate surface area is 119 Å². The van der Waals surface area contributed by atoms with E-state index in [2.05, 4.69) is 16.0 Å². The molecular weight excluding hydrogens is 254 g/mol. The molecule has 1 aliphatic rings. The van der Waals surface area contributed by atoms with E-state index in [0.717, 1.165) is 19.5 Å². The van der Waals surface area contributed by atoms with Crippen molar-refractivity contribution in [2.45, 2.75) is 26.3 Å². The molecule has 2 amide bonds. The molecule has 108 valence electrons. The second-order valence-electron chi connectivity index (χ2n) is 5.39. The van der Waals surface area contributed by atoms with Crippen molar-refractivity contribution >= 4 is 17.5 Å². The van der Waals surface area contributed by atoms with Crippen molar-refractivity contribution in [3.05, 3.63) is 29.8 Å². The maximum atomic E-state index is 12.0. The summed E-state index contributed by atoms with van der Waals surface area (Å²) in [6.45, 7) is 5.43. The van der Waals surface area contributed by atoms with Crippen LogP contribution in [0.3, 0.4) is 0 Å². The van der Waals surface area contributed by atoms with Crippen LogP contribution >= 0.6 is 0 Å². The minimum Gasteiger partial charge on any atom is -0.350 e. The number of carbonyl (C=O) groups is 2. The predicted octanol–water partition coefficient (Wildman–Crippen LogP) is 1.37. The molecule has 3 N–H and O–H groups in total. The van der Waals surface area contributed by atoms with E-state index in [1.165, 1.54) is 0 Å². The number of nitrogens with one attached hydrogen (secondary N) is 3. The summed E-state index contributed by atoms with van der Waals surface area (Å²) in [4.78, 5) is 23.9. The quantitative estimate of drug-likeness (QED) is 0.777. The van der Waals surface area contributed by atoms with Crippen LogP contribution in [0.5, 0.6) is 0 Å². The lowest BCUT2D eigenvalue weighted by Crippen LogP contribution is -2.30. The van der Waals surface area contributed by atoms with Gasteiger partial charge in [-0.05, 0) is 45.0 Å². The van der Waals surface area contributed by atoms with Crippen molar-refractivity contribution in [1.29, 1.82) is 0 Å². The highest BCUT2D eigenvalue weighted by atomic mass is 16.2. The summed E-state index contributed by atoms with van der Waals surface area (Å²) in [5.74, 6) is -0.0989. The van der Waals surface area contributed by atoms with Gasteiger partial charge in [0, 0.05) is 23.8 Å². The number of anilines is 1. The topological polar surface area (TPSA) is 70.2 Å². The van der Waals surface area contributed by atoms with E-state index in [1.54, 1.807) is 24.3 Å². The first-order valence-electron chi connectivity index (χ1n) is 6.99. The molecule has 0 aliphatic carbocycles. The summed E-state index contributed by atoms with van der Waals surface area (Å²) < 4.78 is 0.